The van der Waals surface area contributed by atoms with E-state index in [1.807, 2.05) is 24.3 Å². The Hall–Kier alpha value is -1.40. The van der Waals surface area contributed by atoms with Gasteiger partial charge in [0.25, 0.3) is 0 Å². The van der Waals surface area contributed by atoms with Gasteiger partial charge in [0, 0.05) is 13.1 Å². The maximum absolute atomic E-state index is 11.8. The molecule has 1 amide bonds. The lowest BCUT2D eigenvalue weighted by molar-refractivity contribution is -0.120. The van der Waals surface area contributed by atoms with Crippen molar-refractivity contribution in [2.45, 2.75) is 31.1 Å². The van der Waals surface area contributed by atoms with Crippen molar-refractivity contribution >= 4 is 15.7 Å². The van der Waals surface area contributed by atoms with Crippen molar-refractivity contribution in [2.24, 2.45) is 5.73 Å². The first kappa shape index (κ1) is 15.0. The highest BCUT2D eigenvalue weighted by Gasteiger charge is 2.31. The number of amides is 1. The number of hydrogen-bond donors (Lipinski definition) is 2. The number of sulfone groups is 1. The summed E-state index contributed by atoms with van der Waals surface area (Å²) >= 11 is 0. The van der Waals surface area contributed by atoms with Crippen LogP contribution in [-0.4, -0.2) is 31.9 Å². The van der Waals surface area contributed by atoms with Crippen LogP contribution in [0.5, 0.6) is 0 Å². The van der Waals surface area contributed by atoms with Crippen LogP contribution in [0.4, 0.5) is 0 Å². The van der Waals surface area contributed by atoms with Gasteiger partial charge in [-0.1, -0.05) is 24.3 Å². The van der Waals surface area contributed by atoms with Gasteiger partial charge in [0.05, 0.1) is 17.4 Å². The molecule has 20 heavy (non-hydrogen) atoms. The topological polar surface area (TPSA) is 89.3 Å². The minimum Gasteiger partial charge on any atom is -0.355 e. The molecule has 1 fully saturated rings. The van der Waals surface area contributed by atoms with Gasteiger partial charge < -0.3 is 11.1 Å². The van der Waals surface area contributed by atoms with Gasteiger partial charge in [-0.25, -0.2) is 8.42 Å². The molecule has 0 saturated carbocycles. The maximum atomic E-state index is 11.8. The molecule has 0 bridgehead atoms. The van der Waals surface area contributed by atoms with Gasteiger partial charge in [0.1, 0.15) is 0 Å². The molecule has 5 nitrogen and oxygen atoms in total. The van der Waals surface area contributed by atoms with Crippen LogP contribution in [0, 0.1) is 0 Å². The molecule has 3 N–H and O–H groups in total. The molecule has 1 atom stereocenters. The highest BCUT2D eigenvalue weighted by atomic mass is 32.2. The summed E-state index contributed by atoms with van der Waals surface area (Å²) in [5.74, 6) is 0.0984. The fourth-order valence-corrected chi connectivity index (χ4v) is 4.12. The Morgan fingerprint density at radius 2 is 1.90 bits per heavy atom. The van der Waals surface area contributed by atoms with E-state index in [2.05, 4.69) is 5.32 Å². The van der Waals surface area contributed by atoms with Crippen molar-refractivity contribution in [3.05, 3.63) is 35.4 Å². The number of benzene rings is 1. The lowest BCUT2D eigenvalue weighted by Crippen LogP contribution is -2.35. The molecule has 1 aromatic rings. The number of nitrogens with two attached hydrogens (primary N) is 1. The maximum Gasteiger partial charge on any atom is 0.224 e. The molecule has 1 unspecified atom stereocenters. The Morgan fingerprint density at radius 3 is 2.45 bits per heavy atom. The second-order valence-electron chi connectivity index (χ2n) is 5.13. The first-order valence-electron chi connectivity index (χ1n) is 6.77. The standard InChI is InChI=1S/C14H20N2O3S/c15-9-12-5-3-11(4-6-12)8-14(17)16-10-13-2-1-7-20(13,18)19/h3-6,13H,1-2,7-10,15H2,(H,16,17). The van der Waals surface area contributed by atoms with Gasteiger partial charge in [-0.15, -0.1) is 0 Å². The summed E-state index contributed by atoms with van der Waals surface area (Å²) in [5, 5.41) is 2.30. The summed E-state index contributed by atoms with van der Waals surface area (Å²) in [7, 11) is -2.99. The molecule has 1 aliphatic rings. The van der Waals surface area contributed by atoms with E-state index in [9.17, 15) is 13.2 Å². The van der Waals surface area contributed by atoms with Crippen LogP contribution in [0.25, 0.3) is 0 Å². The van der Waals surface area contributed by atoms with Crippen LogP contribution in [-0.2, 0) is 27.6 Å². The molecule has 0 aromatic heterocycles. The van der Waals surface area contributed by atoms with E-state index in [4.69, 9.17) is 5.73 Å². The van der Waals surface area contributed by atoms with Crippen LogP contribution in [0.1, 0.15) is 24.0 Å². The summed E-state index contributed by atoms with van der Waals surface area (Å²) in [5.41, 5.74) is 7.42. The van der Waals surface area contributed by atoms with Gasteiger partial charge in [-0.3, -0.25) is 4.79 Å². The van der Waals surface area contributed by atoms with Crippen LogP contribution in [0.3, 0.4) is 0 Å². The van der Waals surface area contributed by atoms with Crippen LogP contribution in [0.15, 0.2) is 24.3 Å². The fourth-order valence-electron chi connectivity index (χ4n) is 2.36. The normalized spacial score (nSPS) is 20.8. The molecule has 1 aromatic carbocycles. The number of nitrogens with one attached hydrogen (secondary N) is 1. The summed E-state index contributed by atoms with van der Waals surface area (Å²) in [6, 6.07) is 7.52. The third-order valence-electron chi connectivity index (χ3n) is 3.61. The van der Waals surface area contributed by atoms with E-state index < -0.39 is 15.1 Å². The lowest BCUT2D eigenvalue weighted by atomic mass is 10.1. The third-order valence-corrected chi connectivity index (χ3v) is 5.89. The Kier molecular flexibility index (Phi) is 4.77. The zero-order valence-corrected chi connectivity index (χ0v) is 12.2. The Labute approximate surface area is 119 Å². The van der Waals surface area contributed by atoms with Crippen molar-refractivity contribution in [1.82, 2.24) is 5.32 Å². The van der Waals surface area contributed by atoms with E-state index in [0.717, 1.165) is 11.1 Å². The monoisotopic (exact) mass is 296 g/mol. The zero-order chi connectivity index (χ0) is 14.6. The highest BCUT2D eigenvalue weighted by Crippen LogP contribution is 2.19. The molecular formula is C14H20N2O3S. The van der Waals surface area contributed by atoms with Gasteiger partial charge in [-0.05, 0) is 24.0 Å². The van der Waals surface area contributed by atoms with E-state index in [1.54, 1.807) is 0 Å². The number of rotatable bonds is 5. The van der Waals surface area contributed by atoms with Gasteiger partial charge in [0.15, 0.2) is 9.84 Å². The molecule has 110 valence electrons. The van der Waals surface area contributed by atoms with Crippen molar-refractivity contribution in [1.29, 1.82) is 0 Å². The first-order chi connectivity index (χ1) is 9.51. The second-order valence-corrected chi connectivity index (χ2v) is 7.53. The van der Waals surface area contributed by atoms with Crippen LogP contribution < -0.4 is 11.1 Å². The number of carbonyl (C=O) groups is 1. The molecule has 1 aliphatic heterocycles. The molecule has 0 aliphatic carbocycles. The van der Waals surface area contributed by atoms with E-state index in [0.29, 0.717) is 19.4 Å². The average Bonchev–Trinajstić information content (AvgIpc) is 2.76. The van der Waals surface area contributed by atoms with Gasteiger partial charge in [-0.2, -0.15) is 0 Å². The van der Waals surface area contributed by atoms with Crippen LogP contribution >= 0.6 is 0 Å². The van der Waals surface area contributed by atoms with Crippen molar-refractivity contribution < 1.29 is 13.2 Å². The number of carbonyl (C=O) groups excluding carboxylic acids is 1. The highest BCUT2D eigenvalue weighted by molar-refractivity contribution is 7.92. The van der Waals surface area contributed by atoms with E-state index in [1.165, 1.54) is 0 Å². The first-order valence-corrected chi connectivity index (χ1v) is 8.49. The third kappa shape index (κ3) is 3.80. The van der Waals surface area contributed by atoms with Crippen molar-refractivity contribution in [3.8, 4) is 0 Å². The SMILES string of the molecule is NCc1ccc(CC(=O)NCC2CCCS2(=O)=O)cc1. The fraction of sp³-hybridized carbons (Fsp3) is 0.500. The second kappa shape index (κ2) is 6.37. The smallest absolute Gasteiger partial charge is 0.224 e. The van der Waals surface area contributed by atoms with Gasteiger partial charge in [0.2, 0.25) is 5.91 Å². The Balaban J connectivity index is 1.83. The molecule has 0 spiro atoms. The van der Waals surface area contributed by atoms with E-state index in [-0.39, 0.29) is 24.6 Å². The minimum absolute atomic E-state index is 0.146. The molecule has 0 radical (unpaired) electrons. The van der Waals surface area contributed by atoms with Gasteiger partial charge >= 0.3 is 0 Å². The molecule has 2 rings (SSSR count). The molecule has 1 saturated heterocycles. The van der Waals surface area contributed by atoms with Crippen LogP contribution in [0.2, 0.25) is 0 Å². The summed E-state index contributed by atoms with van der Waals surface area (Å²) in [6.07, 6.45) is 1.61. The predicted octanol–water partition coefficient (Wildman–Crippen LogP) is 0.381. The quantitative estimate of drug-likeness (QED) is 0.822. The Bertz CT molecular complexity index is 567. The largest absolute Gasteiger partial charge is 0.355 e. The minimum atomic E-state index is -2.99. The lowest BCUT2D eigenvalue weighted by Gasteiger charge is -2.11. The van der Waals surface area contributed by atoms with Crippen molar-refractivity contribution in [2.75, 3.05) is 12.3 Å². The van der Waals surface area contributed by atoms with Crippen molar-refractivity contribution in [3.63, 3.8) is 0 Å². The zero-order valence-electron chi connectivity index (χ0n) is 11.3. The molecular weight excluding hydrogens is 276 g/mol. The predicted molar refractivity (Wildman–Crippen MR) is 77.9 cm³/mol. The van der Waals surface area contributed by atoms with E-state index >= 15 is 0 Å². The number of hydrogen-bond acceptors (Lipinski definition) is 4. The molecule has 1 heterocycles. The summed E-state index contributed by atoms with van der Waals surface area (Å²) in [4.78, 5) is 11.8. The molecule has 6 heteroatoms. The summed E-state index contributed by atoms with van der Waals surface area (Å²) < 4.78 is 23.3. The average molecular weight is 296 g/mol. The summed E-state index contributed by atoms with van der Waals surface area (Å²) in [6.45, 7) is 0.702. The Morgan fingerprint density at radius 1 is 1.25 bits per heavy atom.